The first-order chi connectivity index (χ1) is 13.5. The minimum absolute atomic E-state index is 0.220. The van der Waals surface area contributed by atoms with Crippen molar-refractivity contribution in [3.63, 3.8) is 0 Å². The number of carbonyl (C=O) groups excluding carboxylic acids is 1. The van der Waals surface area contributed by atoms with Crippen LogP contribution in [-0.2, 0) is 0 Å². The van der Waals surface area contributed by atoms with Crippen LogP contribution in [0.1, 0.15) is 34.5 Å². The molecule has 28 heavy (non-hydrogen) atoms. The molecule has 0 spiro atoms. The van der Waals surface area contributed by atoms with Crippen LogP contribution in [0.2, 0.25) is 0 Å². The van der Waals surface area contributed by atoms with Crippen LogP contribution in [0.4, 0.5) is 14.5 Å². The quantitative estimate of drug-likeness (QED) is 0.636. The van der Waals surface area contributed by atoms with Crippen molar-refractivity contribution >= 4 is 28.3 Å². The van der Waals surface area contributed by atoms with Gasteiger partial charge in [0.2, 0.25) is 0 Å². The molecule has 0 saturated carbocycles. The number of nitrogens with one attached hydrogen (secondary N) is 2. The van der Waals surface area contributed by atoms with Crippen molar-refractivity contribution in [1.29, 1.82) is 0 Å². The Morgan fingerprint density at radius 1 is 1.14 bits per heavy atom. The molecule has 0 bridgehead atoms. The van der Waals surface area contributed by atoms with Crippen molar-refractivity contribution in [3.05, 3.63) is 89.5 Å². The minimum atomic E-state index is -0.887. The molecule has 0 saturated heterocycles. The number of anilines is 1. The molecule has 1 amide bonds. The highest BCUT2D eigenvalue weighted by Crippen LogP contribution is 2.46. The van der Waals surface area contributed by atoms with Gasteiger partial charge in [-0.1, -0.05) is 31.2 Å². The normalized spacial score (nSPS) is 18.8. The molecule has 0 radical (unpaired) electrons. The number of thioether (sulfide) groups is 1. The van der Waals surface area contributed by atoms with E-state index in [9.17, 15) is 13.6 Å². The average Bonchev–Trinajstić information content (AvgIpc) is 3.32. The van der Waals surface area contributed by atoms with E-state index >= 15 is 0 Å². The number of rotatable bonds is 4. The summed E-state index contributed by atoms with van der Waals surface area (Å²) < 4.78 is 27.5. The zero-order valence-electron chi connectivity index (χ0n) is 14.9. The minimum Gasteiger partial charge on any atom is -0.344 e. The van der Waals surface area contributed by atoms with Crippen molar-refractivity contribution in [2.24, 2.45) is 0 Å². The van der Waals surface area contributed by atoms with Gasteiger partial charge in [0.1, 0.15) is 17.2 Å². The van der Waals surface area contributed by atoms with Gasteiger partial charge in [-0.05, 0) is 29.8 Å². The number of allylic oxidation sites excluding steroid dienone is 1. The number of H-pyrrole nitrogens is 1. The van der Waals surface area contributed by atoms with Gasteiger partial charge in [-0.15, -0.1) is 11.8 Å². The summed E-state index contributed by atoms with van der Waals surface area (Å²) in [5, 5.41) is 2.90. The van der Waals surface area contributed by atoms with E-state index in [2.05, 4.69) is 28.3 Å². The molecule has 0 fully saturated rings. The Balaban J connectivity index is 1.51. The summed E-state index contributed by atoms with van der Waals surface area (Å²) >= 11 is 1.78. The van der Waals surface area contributed by atoms with Crippen molar-refractivity contribution in [2.75, 3.05) is 5.32 Å². The monoisotopic (exact) mass is 397 g/mol. The maximum absolute atomic E-state index is 13.8. The molecule has 2 heterocycles. The first-order valence-corrected chi connectivity index (χ1v) is 9.63. The van der Waals surface area contributed by atoms with E-state index in [1.807, 2.05) is 12.1 Å². The number of aromatic amines is 1. The topological polar surface area (TPSA) is 57.8 Å². The Kier molecular flexibility index (Phi) is 5.00. The number of hydrogen-bond donors (Lipinski definition) is 2. The van der Waals surface area contributed by atoms with Gasteiger partial charge in [0.25, 0.3) is 5.91 Å². The van der Waals surface area contributed by atoms with Gasteiger partial charge in [-0.2, -0.15) is 0 Å². The van der Waals surface area contributed by atoms with Gasteiger partial charge in [-0.3, -0.25) is 4.79 Å². The predicted octanol–water partition coefficient (Wildman–Crippen LogP) is 5.20. The van der Waals surface area contributed by atoms with Crippen LogP contribution < -0.4 is 5.32 Å². The summed E-state index contributed by atoms with van der Waals surface area (Å²) in [6.07, 6.45) is 5.66. The molecule has 1 aromatic heterocycles. The van der Waals surface area contributed by atoms with E-state index in [-0.39, 0.29) is 5.92 Å². The highest BCUT2D eigenvalue weighted by molar-refractivity contribution is 8.09. The molecule has 2 atom stereocenters. The molecule has 7 heteroatoms. The number of nitrogens with zero attached hydrogens (tertiary/aromatic N) is 1. The van der Waals surface area contributed by atoms with Crippen LogP contribution in [0.5, 0.6) is 0 Å². The number of carbonyl (C=O) groups is 1. The van der Waals surface area contributed by atoms with E-state index in [1.54, 1.807) is 36.4 Å². The third kappa shape index (κ3) is 3.57. The van der Waals surface area contributed by atoms with Crippen LogP contribution in [0, 0.1) is 11.6 Å². The summed E-state index contributed by atoms with van der Waals surface area (Å²) in [6.45, 7) is 2.16. The third-order valence-corrected chi connectivity index (χ3v) is 5.93. The van der Waals surface area contributed by atoms with E-state index in [1.165, 1.54) is 6.07 Å². The van der Waals surface area contributed by atoms with Crippen molar-refractivity contribution in [2.45, 2.75) is 18.1 Å². The second-order valence-electron chi connectivity index (χ2n) is 6.52. The number of halogens is 2. The van der Waals surface area contributed by atoms with Crippen LogP contribution in [0.3, 0.4) is 0 Å². The van der Waals surface area contributed by atoms with Crippen molar-refractivity contribution in [3.8, 4) is 0 Å². The number of benzene rings is 2. The Bertz CT molecular complexity index is 1010. The molecule has 2 unspecified atom stereocenters. The van der Waals surface area contributed by atoms with E-state index < -0.39 is 23.1 Å². The lowest BCUT2D eigenvalue weighted by molar-refractivity contribution is 0.101. The zero-order chi connectivity index (χ0) is 19.7. The van der Waals surface area contributed by atoms with Crippen molar-refractivity contribution < 1.29 is 13.6 Å². The van der Waals surface area contributed by atoms with Crippen molar-refractivity contribution in [1.82, 2.24) is 9.97 Å². The molecule has 3 aromatic rings. The fourth-order valence-electron chi connectivity index (χ4n) is 3.22. The van der Waals surface area contributed by atoms with Gasteiger partial charge >= 0.3 is 0 Å². The van der Waals surface area contributed by atoms with E-state index in [4.69, 9.17) is 0 Å². The lowest BCUT2D eigenvalue weighted by Gasteiger charge is -2.15. The number of imidazole rings is 1. The summed E-state index contributed by atoms with van der Waals surface area (Å²) in [5.74, 6) is -2.36. The molecule has 1 aliphatic heterocycles. The maximum atomic E-state index is 13.8. The lowest BCUT2D eigenvalue weighted by Crippen LogP contribution is -2.16. The summed E-state index contributed by atoms with van der Waals surface area (Å²) in [6, 6.07) is 10.7. The van der Waals surface area contributed by atoms with Gasteiger partial charge in [-0.25, -0.2) is 13.8 Å². The molecule has 4 nitrogen and oxygen atoms in total. The smallest absolute Gasteiger partial charge is 0.261 e. The summed E-state index contributed by atoms with van der Waals surface area (Å²) in [7, 11) is 0. The molecule has 1 aliphatic rings. The molecule has 2 aromatic carbocycles. The Labute approximate surface area is 165 Å². The van der Waals surface area contributed by atoms with Gasteiger partial charge < -0.3 is 10.3 Å². The largest absolute Gasteiger partial charge is 0.344 e. The Morgan fingerprint density at radius 2 is 1.86 bits per heavy atom. The molecular weight excluding hydrogens is 380 g/mol. The molecule has 0 aliphatic carbocycles. The second kappa shape index (κ2) is 7.59. The van der Waals surface area contributed by atoms with Crippen LogP contribution in [0.15, 0.2) is 61.1 Å². The molecule has 142 valence electrons. The van der Waals surface area contributed by atoms with E-state index in [0.29, 0.717) is 10.9 Å². The first kappa shape index (κ1) is 18.4. The summed E-state index contributed by atoms with van der Waals surface area (Å²) in [5.41, 5.74) is 1.99. The maximum Gasteiger partial charge on any atom is 0.261 e. The molecule has 2 N–H and O–H groups in total. The lowest BCUT2D eigenvalue weighted by atomic mass is 9.95. The van der Waals surface area contributed by atoms with Crippen LogP contribution >= 0.6 is 11.8 Å². The van der Waals surface area contributed by atoms with Gasteiger partial charge in [0.15, 0.2) is 0 Å². The summed E-state index contributed by atoms with van der Waals surface area (Å²) in [4.78, 5) is 20.5. The standard InChI is InChI=1S/C21H17F2N3OS/c1-12-15(9-19(28-12)18-10-24-11-25-18)13-5-7-14(8-6-13)26-21(27)20-16(22)3-2-4-17(20)23/h2-12,15H,1H3,(H,24,25)(H,26,27). The van der Waals surface area contributed by atoms with E-state index in [0.717, 1.165) is 28.3 Å². The van der Waals surface area contributed by atoms with Crippen LogP contribution in [-0.4, -0.2) is 21.1 Å². The number of hydrogen-bond acceptors (Lipinski definition) is 3. The second-order valence-corrected chi connectivity index (χ2v) is 7.94. The highest BCUT2D eigenvalue weighted by Gasteiger charge is 2.27. The first-order valence-electron chi connectivity index (χ1n) is 8.75. The van der Waals surface area contributed by atoms with Gasteiger partial charge in [0, 0.05) is 21.8 Å². The number of amides is 1. The zero-order valence-corrected chi connectivity index (χ0v) is 15.8. The molecule has 4 rings (SSSR count). The fourth-order valence-corrected chi connectivity index (χ4v) is 4.47. The van der Waals surface area contributed by atoms with Gasteiger partial charge in [0.05, 0.1) is 18.2 Å². The number of aromatic nitrogens is 2. The Morgan fingerprint density at radius 3 is 2.50 bits per heavy atom. The highest BCUT2D eigenvalue weighted by atomic mass is 32.2. The fraction of sp³-hybridized carbons (Fsp3) is 0.143. The predicted molar refractivity (Wildman–Crippen MR) is 107 cm³/mol. The van der Waals surface area contributed by atoms with Crippen LogP contribution in [0.25, 0.3) is 4.91 Å². The SMILES string of the molecule is CC1SC(c2cnc[nH]2)=CC1c1ccc(NC(=O)c2c(F)cccc2F)cc1. The third-order valence-electron chi connectivity index (χ3n) is 4.66. The Hall–Kier alpha value is -2.93. The average molecular weight is 397 g/mol. The molecular formula is C21H17F2N3OS.